The van der Waals surface area contributed by atoms with Gasteiger partial charge in [-0.3, -0.25) is 0 Å². The van der Waals surface area contributed by atoms with E-state index in [1.807, 2.05) is 11.8 Å². The first-order valence-corrected chi connectivity index (χ1v) is 8.70. The van der Waals surface area contributed by atoms with Gasteiger partial charge < -0.3 is 5.32 Å². The quantitative estimate of drug-likeness (QED) is 0.456. The summed E-state index contributed by atoms with van der Waals surface area (Å²) in [6, 6.07) is 23.4. The molecule has 0 fully saturated rings. The van der Waals surface area contributed by atoms with Crippen LogP contribution in [0.3, 0.4) is 0 Å². The fraction of sp³-hybridized carbons (Fsp3) is 0.111. The Morgan fingerprint density at radius 1 is 0.857 bits per heavy atom. The Morgan fingerprint density at radius 2 is 1.62 bits per heavy atom. The first kappa shape index (κ1) is 14.5. The van der Waals surface area contributed by atoms with Gasteiger partial charge in [-0.1, -0.05) is 46.3 Å². The zero-order valence-electron chi connectivity index (χ0n) is 11.6. The minimum Gasteiger partial charge on any atom is -0.384 e. The highest BCUT2D eigenvalue weighted by molar-refractivity contribution is 9.10. The highest BCUT2D eigenvalue weighted by Crippen LogP contribution is 2.23. The molecule has 3 heteroatoms. The second kappa shape index (κ2) is 7.01. The molecular formula is C18H16BrNS. The van der Waals surface area contributed by atoms with Gasteiger partial charge in [0.15, 0.2) is 0 Å². The molecule has 0 aromatic heterocycles. The van der Waals surface area contributed by atoms with E-state index in [2.05, 4.69) is 88.0 Å². The molecule has 0 saturated carbocycles. The van der Waals surface area contributed by atoms with E-state index in [1.165, 1.54) is 21.4 Å². The van der Waals surface area contributed by atoms with Crippen LogP contribution in [0.1, 0.15) is 0 Å². The molecule has 0 aliphatic rings. The van der Waals surface area contributed by atoms with E-state index in [4.69, 9.17) is 0 Å². The molecule has 21 heavy (non-hydrogen) atoms. The van der Waals surface area contributed by atoms with Crippen LogP contribution in [0.5, 0.6) is 0 Å². The molecule has 0 aliphatic carbocycles. The Balaban J connectivity index is 1.57. The van der Waals surface area contributed by atoms with Crippen LogP contribution in [-0.4, -0.2) is 12.3 Å². The van der Waals surface area contributed by atoms with Crippen molar-refractivity contribution in [3.8, 4) is 0 Å². The number of hydrogen-bond acceptors (Lipinski definition) is 2. The van der Waals surface area contributed by atoms with Gasteiger partial charge in [0.05, 0.1) is 0 Å². The topological polar surface area (TPSA) is 12.0 Å². The van der Waals surface area contributed by atoms with Gasteiger partial charge in [-0.15, -0.1) is 11.8 Å². The zero-order valence-corrected chi connectivity index (χ0v) is 14.0. The third-order valence-electron chi connectivity index (χ3n) is 3.25. The van der Waals surface area contributed by atoms with Gasteiger partial charge in [0.25, 0.3) is 0 Å². The number of rotatable bonds is 5. The van der Waals surface area contributed by atoms with Crippen LogP contribution in [0.25, 0.3) is 10.8 Å². The molecule has 0 radical (unpaired) electrons. The van der Waals surface area contributed by atoms with Gasteiger partial charge in [0, 0.05) is 27.4 Å². The molecule has 3 aromatic carbocycles. The SMILES string of the molecule is Brc1ccc2cc(NCCSc3ccccc3)ccc2c1. The number of fused-ring (bicyclic) bond motifs is 1. The van der Waals surface area contributed by atoms with E-state index >= 15 is 0 Å². The van der Waals surface area contributed by atoms with Gasteiger partial charge >= 0.3 is 0 Å². The number of anilines is 1. The first-order valence-electron chi connectivity index (χ1n) is 6.92. The molecule has 1 nitrogen and oxygen atoms in total. The number of halogens is 1. The van der Waals surface area contributed by atoms with E-state index < -0.39 is 0 Å². The predicted octanol–water partition coefficient (Wildman–Crippen LogP) is 5.81. The Morgan fingerprint density at radius 3 is 2.48 bits per heavy atom. The zero-order chi connectivity index (χ0) is 14.5. The van der Waals surface area contributed by atoms with Gasteiger partial charge in [0.1, 0.15) is 0 Å². The van der Waals surface area contributed by atoms with E-state index in [0.29, 0.717) is 0 Å². The lowest BCUT2D eigenvalue weighted by Gasteiger charge is -2.08. The van der Waals surface area contributed by atoms with Crippen LogP contribution in [0.4, 0.5) is 5.69 Å². The minimum atomic E-state index is 0.960. The second-order valence-corrected chi connectivity index (χ2v) is 6.88. The summed E-state index contributed by atoms with van der Waals surface area (Å²) in [6.07, 6.45) is 0. The molecule has 1 N–H and O–H groups in total. The fourth-order valence-electron chi connectivity index (χ4n) is 2.21. The summed E-state index contributed by atoms with van der Waals surface area (Å²) in [5.74, 6) is 1.06. The lowest BCUT2D eigenvalue weighted by Crippen LogP contribution is -2.03. The second-order valence-electron chi connectivity index (χ2n) is 4.79. The van der Waals surface area contributed by atoms with Crippen molar-refractivity contribution in [3.63, 3.8) is 0 Å². The summed E-state index contributed by atoms with van der Waals surface area (Å²) >= 11 is 5.38. The average molecular weight is 358 g/mol. The van der Waals surface area contributed by atoms with Crippen molar-refractivity contribution in [1.29, 1.82) is 0 Å². The normalized spacial score (nSPS) is 10.7. The smallest absolute Gasteiger partial charge is 0.0346 e. The van der Waals surface area contributed by atoms with Crippen LogP contribution in [0.15, 0.2) is 76.1 Å². The molecule has 3 rings (SSSR count). The molecule has 0 aliphatic heterocycles. The van der Waals surface area contributed by atoms with Crippen molar-refractivity contribution in [2.45, 2.75) is 4.90 Å². The summed E-state index contributed by atoms with van der Waals surface area (Å²) in [6.45, 7) is 0.960. The largest absolute Gasteiger partial charge is 0.384 e. The highest BCUT2D eigenvalue weighted by Gasteiger charge is 1.98. The van der Waals surface area contributed by atoms with Crippen LogP contribution in [-0.2, 0) is 0 Å². The summed E-state index contributed by atoms with van der Waals surface area (Å²) in [4.78, 5) is 1.32. The summed E-state index contributed by atoms with van der Waals surface area (Å²) in [7, 11) is 0. The van der Waals surface area contributed by atoms with Crippen LogP contribution >= 0.6 is 27.7 Å². The van der Waals surface area contributed by atoms with E-state index in [9.17, 15) is 0 Å². The van der Waals surface area contributed by atoms with E-state index in [0.717, 1.165) is 16.8 Å². The predicted molar refractivity (Wildman–Crippen MR) is 97.3 cm³/mol. The number of benzene rings is 3. The fourth-order valence-corrected chi connectivity index (χ4v) is 3.38. The molecular weight excluding hydrogens is 342 g/mol. The van der Waals surface area contributed by atoms with Crippen molar-refractivity contribution < 1.29 is 0 Å². The average Bonchev–Trinajstić information content (AvgIpc) is 2.52. The van der Waals surface area contributed by atoms with Crippen molar-refractivity contribution >= 4 is 44.2 Å². The highest BCUT2D eigenvalue weighted by atomic mass is 79.9. The third kappa shape index (κ3) is 4.02. The lowest BCUT2D eigenvalue weighted by molar-refractivity contribution is 1.23. The number of hydrogen-bond donors (Lipinski definition) is 1. The molecule has 3 aromatic rings. The molecule has 0 heterocycles. The van der Waals surface area contributed by atoms with Crippen LogP contribution < -0.4 is 5.32 Å². The Bertz CT molecular complexity index is 728. The van der Waals surface area contributed by atoms with Gasteiger partial charge in [-0.25, -0.2) is 0 Å². The lowest BCUT2D eigenvalue weighted by atomic mass is 10.1. The van der Waals surface area contributed by atoms with Gasteiger partial charge in [0.2, 0.25) is 0 Å². The summed E-state index contributed by atoms with van der Waals surface area (Å²) in [5, 5.41) is 6.01. The van der Waals surface area contributed by atoms with E-state index in [1.54, 1.807) is 0 Å². The molecule has 0 saturated heterocycles. The van der Waals surface area contributed by atoms with Gasteiger partial charge in [-0.05, 0) is 47.2 Å². The Kier molecular flexibility index (Phi) is 4.84. The maximum atomic E-state index is 3.51. The monoisotopic (exact) mass is 357 g/mol. The van der Waals surface area contributed by atoms with Gasteiger partial charge in [-0.2, -0.15) is 0 Å². The van der Waals surface area contributed by atoms with Crippen LogP contribution in [0, 0.1) is 0 Å². The van der Waals surface area contributed by atoms with Crippen LogP contribution in [0.2, 0.25) is 0 Å². The number of nitrogens with one attached hydrogen (secondary N) is 1. The van der Waals surface area contributed by atoms with Crippen molar-refractivity contribution in [2.75, 3.05) is 17.6 Å². The first-order chi connectivity index (χ1) is 10.3. The third-order valence-corrected chi connectivity index (χ3v) is 4.75. The summed E-state index contributed by atoms with van der Waals surface area (Å²) < 4.78 is 1.12. The molecule has 0 amide bonds. The Hall–Kier alpha value is -1.45. The Labute approximate surface area is 137 Å². The molecule has 0 atom stereocenters. The maximum absolute atomic E-state index is 3.51. The van der Waals surface area contributed by atoms with E-state index in [-0.39, 0.29) is 0 Å². The molecule has 0 unspecified atom stereocenters. The molecule has 0 bridgehead atoms. The molecule has 106 valence electrons. The minimum absolute atomic E-state index is 0.960. The molecule has 0 spiro atoms. The van der Waals surface area contributed by atoms with Crippen molar-refractivity contribution in [1.82, 2.24) is 0 Å². The van der Waals surface area contributed by atoms with Crippen molar-refractivity contribution in [3.05, 3.63) is 71.2 Å². The standard InChI is InChI=1S/C18H16BrNS/c19-16-8-6-15-13-17(9-7-14(15)12-16)20-10-11-21-18-4-2-1-3-5-18/h1-9,12-13,20H,10-11H2. The maximum Gasteiger partial charge on any atom is 0.0346 e. The summed E-state index contributed by atoms with van der Waals surface area (Å²) in [5.41, 5.74) is 1.18. The van der Waals surface area contributed by atoms with Crippen molar-refractivity contribution in [2.24, 2.45) is 0 Å². The number of thioether (sulfide) groups is 1.